The summed E-state index contributed by atoms with van der Waals surface area (Å²) in [5, 5.41) is 0. The van der Waals surface area contributed by atoms with E-state index in [0.29, 0.717) is 12.2 Å². The molecule has 1 aromatic carbocycles. The molecule has 0 aromatic heterocycles. The van der Waals surface area contributed by atoms with Gasteiger partial charge in [0.15, 0.2) is 6.04 Å². The maximum atomic E-state index is 13.2. The average Bonchev–Trinajstić information content (AvgIpc) is 3.31. The molecule has 1 aromatic rings. The monoisotopic (exact) mass is 374 g/mol. The molecule has 3 saturated heterocycles. The lowest BCUT2D eigenvalue weighted by molar-refractivity contribution is -0.922. The van der Waals surface area contributed by atoms with Gasteiger partial charge in [-0.05, 0) is 49.9 Å². The van der Waals surface area contributed by atoms with Crippen LogP contribution in [0.2, 0.25) is 0 Å². The number of amides is 3. The Hall–Kier alpha value is -2.28. The Morgan fingerprint density at radius 1 is 1.07 bits per heavy atom. The fourth-order valence-electron chi connectivity index (χ4n) is 4.63. The van der Waals surface area contributed by atoms with E-state index in [-0.39, 0.29) is 30.1 Å². The minimum atomic E-state index is -0.447. The summed E-state index contributed by atoms with van der Waals surface area (Å²) in [4.78, 5) is 42.3. The largest absolute Gasteiger partial charge is 0.342 e. The first-order valence-electron chi connectivity index (χ1n) is 9.80. The van der Waals surface area contributed by atoms with E-state index in [2.05, 4.69) is 0 Å². The smallest absolute Gasteiger partial charge is 0.292 e. The first kappa shape index (κ1) is 18.1. The molecule has 3 heterocycles. The van der Waals surface area contributed by atoms with Crippen molar-refractivity contribution < 1.29 is 23.7 Å². The zero-order valence-electron chi connectivity index (χ0n) is 15.3. The standard InChI is InChI=1S/C20H24FN3O3/c21-15-5-7-16(8-6-15)24-18(25)12-17(20(24)27)23-11-3-4-14(13-23)19(26)22-9-1-2-10-22/h5-8,14,17H,1-4,9-13H2/p+1/t14-,17+/m0/s1. The van der Waals surface area contributed by atoms with Gasteiger partial charge in [-0.1, -0.05) is 0 Å². The molecule has 4 rings (SSSR count). The molecule has 144 valence electrons. The van der Waals surface area contributed by atoms with Gasteiger partial charge < -0.3 is 9.80 Å². The van der Waals surface area contributed by atoms with E-state index in [0.717, 1.165) is 50.2 Å². The Bertz CT molecular complexity index is 745. The average molecular weight is 374 g/mol. The lowest BCUT2D eigenvalue weighted by Crippen LogP contribution is -3.18. The number of carbonyl (C=O) groups excluding carboxylic acids is 3. The second-order valence-electron chi connectivity index (χ2n) is 7.78. The van der Waals surface area contributed by atoms with Crippen molar-refractivity contribution in [2.24, 2.45) is 5.92 Å². The maximum absolute atomic E-state index is 13.2. The van der Waals surface area contributed by atoms with Crippen molar-refractivity contribution in [1.29, 1.82) is 0 Å². The number of nitrogens with one attached hydrogen (secondary N) is 1. The number of piperidine rings is 1. The molecular formula is C20H25FN3O3+. The van der Waals surface area contributed by atoms with Crippen molar-refractivity contribution in [3.63, 3.8) is 0 Å². The molecule has 1 N–H and O–H groups in total. The van der Waals surface area contributed by atoms with Gasteiger partial charge in [-0.2, -0.15) is 0 Å². The Kier molecular flexibility index (Phi) is 4.95. The summed E-state index contributed by atoms with van der Waals surface area (Å²) in [6.07, 6.45) is 4.02. The number of likely N-dealkylation sites (tertiary alicyclic amines) is 2. The first-order valence-corrected chi connectivity index (χ1v) is 9.80. The summed E-state index contributed by atoms with van der Waals surface area (Å²) >= 11 is 0. The fraction of sp³-hybridized carbons (Fsp3) is 0.550. The third-order valence-electron chi connectivity index (χ3n) is 6.05. The van der Waals surface area contributed by atoms with Gasteiger partial charge in [-0.15, -0.1) is 0 Å². The van der Waals surface area contributed by atoms with Gasteiger partial charge in [0.2, 0.25) is 11.8 Å². The molecule has 3 fully saturated rings. The number of nitrogens with zero attached hydrogens (tertiary/aromatic N) is 2. The second-order valence-corrected chi connectivity index (χ2v) is 7.78. The highest BCUT2D eigenvalue weighted by molar-refractivity contribution is 6.21. The van der Waals surface area contributed by atoms with Crippen molar-refractivity contribution in [2.45, 2.75) is 38.1 Å². The molecule has 3 aliphatic rings. The van der Waals surface area contributed by atoms with Gasteiger partial charge >= 0.3 is 0 Å². The Morgan fingerprint density at radius 2 is 1.78 bits per heavy atom. The number of rotatable bonds is 3. The lowest BCUT2D eigenvalue weighted by atomic mass is 9.95. The molecule has 3 aliphatic heterocycles. The van der Waals surface area contributed by atoms with E-state index in [9.17, 15) is 18.8 Å². The number of carbonyl (C=O) groups is 3. The minimum Gasteiger partial charge on any atom is -0.342 e. The molecule has 7 heteroatoms. The summed E-state index contributed by atoms with van der Waals surface area (Å²) in [6, 6.07) is 4.97. The molecule has 0 radical (unpaired) electrons. The summed E-state index contributed by atoms with van der Waals surface area (Å²) in [6.45, 7) is 3.08. The van der Waals surface area contributed by atoms with E-state index in [1.54, 1.807) is 0 Å². The Labute approximate surface area is 157 Å². The van der Waals surface area contributed by atoms with Crippen LogP contribution < -0.4 is 9.80 Å². The van der Waals surface area contributed by atoms with Gasteiger partial charge in [0.1, 0.15) is 5.82 Å². The number of quaternary nitrogens is 1. The summed E-state index contributed by atoms with van der Waals surface area (Å²) in [5.74, 6) is -0.751. The summed E-state index contributed by atoms with van der Waals surface area (Å²) in [7, 11) is 0. The lowest BCUT2D eigenvalue weighted by Gasteiger charge is -2.33. The van der Waals surface area contributed by atoms with Crippen LogP contribution >= 0.6 is 0 Å². The third-order valence-corrected chi connectivity index (χ3v) is 6.05. The number of benzene rings is 1. The van der Waals surface area contributed by atoms with E-state index >= 15 is 0 Å². The molecule has 0 spiro atoms. The molecule has 3 atom stereocenters. The molecule has 3 amide bonds. The number of halogens is 1. The van der Waals surface area contributed by atoms with E-state index in [1.807, 2.05) is 4.90 Å². The molecule has 0 bridgehead atoms. The van der Waals surface area contributed by atoms with Crippen LogP contribution in [0.3, 0.4) is 0 Å². The van der Waals surface area contributed by atoms with Crippen LogP contribution in [0.1, 0.15) is 32.1 Å². The van der Waals surface area contributed by atoms with Gasteiger partial charge in [0, 0.05) is 13.1 Å². The molecular weight excluding hydrogens is 349 g/mol. The maximum Gasteiger partial charge on any atom is 0.292 e. The Balaban J connectivity index is 1.46. The van der Waals surface area contributed by atoms with Crippen LogP contribution in [0.15, 0.2) is 24.3 Å². The molecule has 0 saturated carbocycles. The predicted molar refractivity (Wildman–Crippen MR) is 96.5 cm³/mol. The third kappa shape index (κ3) is 3.48. The number of anilines is 1. The van der Waals surface area contributed by atoms with Crippen LogP contribution in [0, 0.1) is 11.7 Å². The quantitative estimate of drug-likeness (QED) is 0.778. The van der Waals surface area contributed by atoms with E-state index in [1.165, 1.54) is 29.2 Å². The zero-order valence-corrected chi connectivity index (χ0v) is 15.3. The van der Waals surface area contributed by atoms with Crippen molar-refractivity contribution in [3.05, 3.63) is 30.1 Å². The number of imide groups is 1. The van der Waals surface area contributed by atoms with Crippen LogP contribution in [-0.4, -0.2) is 54.8 Å². The summed E-state index contributed by atoms with van der Waals surface area (Å²) in [5.41, 5.74) is 0.412. The molecule has 1 unspecified atom stereocenters. The molecule has 0 aliphatic carbocycles. The fourth-order valence-corrected chi connectivity index (χ4v) is 4.63. The second kappa shape index (κ2) is 7.38. The SMILES string of the molecule is O=C([C@H]1CCC[NH+]([C@@H]2CC(=O)N(c3ccc(F)cc3)C2=O)C1)N1CCCC1. The Morgan fingerprint density at radius 3 is 2.48 bits per heavy atom. The van der Waals surface area contributed by atoms with Crippen LogP contribution in [-0.2, 0) is 14.4 Å². The van der Waals surface area contributed by atoms with Gasteiger partial charge in [-0.3, -0.25) is 14.4 Å². The highest BCUT2D eigenvalue weighted by Crippen LogP contribution is 2.23. The van der Waals surface area contributed by atoms with Crippen LogP contribution in [0.5, 0.6) is 0 Å². The van der Waals surface area contributed by atoms with Crippen molar-refractivity contribution >= 4 is 23.4 Å². The molecule has 27 heavy (non-hydrogen) atoms. The van der Waals surface area contributed by atoms with E-state index in [4.69, 9.17) is 0 Å². The highest BCUT2D eigenvalue weighted by Gasteiger charge is 2.47. The number of hydrogen-bond acceptors (Lipinski definition) is 3. The topological polar surface area (TPSA) is 62.1 Å². The highest BCUT2D eigenvalue weighted by atomic mass is 19.1. The zero-order chi connectivity index (χ0) is 19.0. The minimum absolute atomic E-state index is 0.0605. The summed E-state index contributed by atoms with van der Waals surface area (Å²) < 4.78 is 13.2. The first-order chi connectivity index (χ1) is 13.0. The molecule has 6 nitrogen and oxygen atoms in total. The van der Waals surface area contributed by atoms with Crippen LogP contribution in [0.25, 0.3) is 0 Å². The van der Waals surface area contributed by atoms with Gasteiger partial charge in [-0.25, -0.2) is 9.29 Å². The van der Waals surface area contributed by atoms with Gasteiger partial charge in [0.05, 0.1) is 31.1 Å². The van der Waals surface area contributed by atoms with Crippen molar-refractivity contribution in [2.75, 3.05) is 31.1 Å². The number of hydrogen-bond donors (Lipinski definition) is 1. The van der Waals surface area contributed by atoms with Crippen molar-refractivity contribution in [1.82, 2.24) is 4.90 Å². The van der Waals surface area contributed by atoms with Crippen LogP contribution in [0.4, 0.5) is 10.1 Å². The van der Waals surface area contributed by atoms with Crippen molar-refractivity contribution in [3.8, 4) is 0 Å². The predicted octanol–water partition coefficient (Wildman–Crippen LogP) is 0.375. The normalized spacial score (nSPS) is 28.9. The van der Waals surface area contributed by atoms with E-state index < -0.39 is 11.9 Å². The van der Waals surface area contributed by atoms with Gasteiger partial charge in [0.25, 0.3) is 5.91 Å².